The van der Waals surface area contributed by atoms with E-state index in [-0.39, 0.29) is 11.4 Å². The smallest absolute Gasteiger partial charge is 0.311 e. The van der Waals surface area contributed by atoms with Crippen LogP contribution in [0.25, 0.3) is 0 Å². The summed E-state index contributed by atoms with van der Waals surface area (Å²) in [7, 11) is 2.16. The van der Waals surface area contributed by atoms with Gasteiger partial charge in [-0.3, -0.25) is 4.79 Å². The predicted octanol–water partition coefficient (Wildman–Crippen LogP) is 1.55. The first-order chi connectivity index (χ1) is 6.11. The Morgan fingerprint density at radius 2 is 2.31 bits per heavy atom. The highest BCUT2D eigenvalue weighted by Gasteiger charge is 2.41. The molecule has 0 aromatic carbocycles. The second-order valence-electron chi connectivity index (χ2n) is 4.28. The van der Waals surface area contributed by atoms with Gasteiger partial charge in [-0.15, -0.1) is 0 Å². The summed E-state index contributed by atoms with van der Waals surface area (Å²) < 4.78 is 5.12. The molecule has 2 atom stereocenters. The van der Waals surface area contributed by atoms with Crippen LogP contribution >= 0.6 is 0 Å². The topological polar surface area (TPSA) is 26.3 Å². The van der Waals surface area contributed by atoms with E-state index in [0.717, 1.165) is 12.8 Å². The van der Waals surface area contributed by atoms with E-state index >= 15 is 0 Å². The lowest BCUT2D eigenvalue weighted by Crippen LogP contribution is -2.36. The summed E-state index contributed by atoms with van der Waals surface area (Å²) in [6.07, 6.45) is 4.58. The zero-order valence-electron chi connectivity index (χ0n) is 8.93. The summed E-state index contributed by atoms with van der Waals surface area (Å²) in [5.41, 5.74) is -0.214. The fraction of sp³-hybridized carbons (Fsp3) is 0.900. The Morgan fingerprint density at radius 1 is 1.62 bits per heavy atom. The molecule has 0 aromatic rings. The standard InChI is InChI=1S/C10H19BO2/c1-3-13-9(12)10(2)7-5-4-6-8(10)11/h8H,3-7,11H2,1-2H3. The lowest BCUT2D eigenvalue weighted by molar-refractivity contribution is -0.156. The van der Waals surface area contributed by atoms with Gasteiger partial charge in [0.15, 0.2) is 0 Å². The molecule has 2 nitrogen and oxygen atoms in total. The van der Waals surface area contributed by atoms with Crippen molar-refractivity contribution in [3.05, 3.63) is 0 Å². The van der Waals surface area contributed by atoms with Crippen LogP contribution in [0.5, 0.6) is 0 Å². The minimum absolute atomic E-state index is 0.00204. The van der Waals surface area contributed by atoms with Crippen molar-refractivity contribution >= 4 is 13.8 Å². The number of carbonyl (C=O) groups is 1. The molecular weight excluding hydrogens is 163 g/mol. The Kier molecular flexibility index (Phi) is 3.40. The van der Waals surface area contributed by atoms with Crippen LogP contribution in [-0.4, -0.2) is 20.4 Å². The van der Waals surface area contributed by atoms with Crippen molar-refractivity contribution in [1.29, 1.82) is 0 Å². The van der Waals surface area contributed by atoms with Gasteiger partial charge in [-0.2, -0.15) is 0 Å². The molecule has 3 heteroatoms. The van der Waals surface area contributed by atoms with Gasteiger partial charge < -0.3 is 4.74 Å². The molecule has 0 N–H and O–H groups in total. The lowest BCUT2D eigenvalue weighted by atomic mass is 9.59. The molecular formula is C10H19BO2. The molecule has 74 valence electrons. The van der Waals surface area contributed by atoms with E-state index in [1.165, 1.54) is 12.8 Å². The van der Waals surface area contributed by atoms with Crippen LogP contribution in [-0.2, 0) is 9.53 Å². The van der Waals surface area contributed by atoms with Crippen LogP contribution in [0, 0.1) is 5.41 Å². The van der Waals surface area contributed by atoms with E-state index < -0.39 is 0 Å². The highest BCUT2D eigenvalue weighted by molar-refractivity contribution is 6.14. The summed E-state index contributed by atoms with van der Waals surface area (Å²) >= 11 is 0. The van der Waals surface area contributed by atoms with Crippen molar-refractivity contribution in [3.63, 3.8) is 0 Å². The molecule has 1 aliphatic rings. The fourth-order valence-corrected chi connectivity index (χ4v) is 2.11. The molecule has 13 heavy (non-hydrogen) atoms. The van der Waals surface area contributed by atoms with E-state index in [0.29, 0.717) is 12.4 Å². The molecule has 0 aromatic heterocycles. The number of carbonyl (C=O) groups excluding carboxylic acids is 1. The Labute approximate surface area is 81.4 Å². The van der Waals surface area contributed by atoms with E-state index in [2.05, 4.69) is 14.8 Å². The molecule has 1 fully saturated rings. The fourth-order valence-electron chi connectivity index (χ4n) is 2.11. The number of hydrogen-bond donors (Lipinski definition) is 0. The third-order valence-electron chi connectivity index (χ3n) is 3.41. The highest BCUT2D eigenvalue weighted by atomic mass is 16.5. The van der Waals surface area contributed by atoms with Crippen LogP contribution in [0.4, 0.5) is 0 Å². The van der Waals surface area contributed by atoms with Gasteiger partial charge in [0.05, 0.1) is 12.0 Å². The average Bonchev–Trinajstić information content (AvgIpc) is 2.11. The van der Waals surface area contributed by atoms with Gasteiger partial charge in [0, 0.05) is 0 Å². The predicted molar refractivity (Wildman–Crippen MR) is 55.5 cm³/mol. The van der Waals surface area contributed by atoms with Gasteiger partial charge in [-0.05, 0) is 20.3 Å². The Bertz CT molecular complexity index is 193. The summed E-state index contributed by atoms with van der Waals surface area (Å²) in [5.74, 6) is 0.475. The van der Waals surface area contributed by atoms with Crippen LogP contribution in [0.3, 0.4) is 0 Å². The zero-order valence-corrected chi connectivity index (χ0v) is 8.93. The van der Waals surface area contributed by atoms with Gasteiger partial charge in [0.2, 0.25) is 0 Å². The van der Waals surface area contributed by atoms with Crippen molar-refractivity contribution in [2.24, 2.45) is 5.41 Å². The minimum atomic E-state index is -0.214. The Balaban J connectivity index is 2.65. The van der Waals surface area contributed by atoms with Crippen molar-refractivity contribution in [1.82, 2.24) is 0 Å². The summed E-state index contributed by atoms with van der Waals surface area (Å²) in [5, 5.41) is 0. The molecule has 0 amide bonds. The van der Waals surface area contributed by atoms with E-state index in [1.807, 2.05) is 6.92 Å². The maximum Gasteiger partial charge on any atom is 0.311 e. The summed E-state index contributed by atoms with van der Waals surface area (Å²) in [6, 6.07) is 0. The van der Waals surface area contributed by atoms with Crippen molar-refractivity contribution < 1.29 is 9.53 Å². The average molecular weight is 182 g/mol. The quantitative estimate of drug-likeness (QED) is 0.478. The van der Waals surface area contributed by atoms with Crippen molar-refractivity contribution in [3.8, 4) is 0 Å². The minimum Gasteiger partial charge on any atom is -0.466 e. The van der Waals surface area contributed by atoms with E-state index in [4.69, 9.17) is 4.74 Å². The van der Waals surface area contributed by atoms with Crippen LogP contribution < -0.4 is 0 Å². The first kappa shape index (κ1) is 10.6. The lowest BCUT2D eigenvalue weighted by Gasteiger charge is -2.37. The second kappa shape index (κ2) is 4.16. The van der Waals surface area contributed by atoms with E-state index in [9.17, 15) is 4.79 Å². The van der Waals surface area contributed by atoms with E-state index in [1.54, 1.807) is 0 Å². The SMILES string of the molecule is BC1CCCCC1(C)C(=O)OCC. The number of ether oxygens (including phenoxy) is 1. The molecule has 1 rings (SSSR count). The van der Waals surface area contributed by atoms with Gasteiger partial charge >= 0.3 is 5.97 Å². The second-order valence-corrected chi connectivity index (χ2v) is 4.28. The summed E-state index contributed by atoms with van der Waals surface area (Å²) in [4.78, 5) is 11.7. The van der Waals surface area contributed by atoms with Gasteiger partial charge in [0.25, 0.3) is 0 Å². The van der Waals surface area contributed by atoms with Crippen molar-refractivity contribution in [2.45, 2.75) is 45.3 Å². The molecule has 0 saturated heterocycles. The van der Waals surface area contributed by atoms with Gasteiger partial charge in [-0.1, -0.05) is 25.1 Å². The van der Waals surface area contributed by atoms with Gasteiger partial charge in [-0.25, -0.2) is 0 Å². The van der Waals surface area contributed by atoms with Gasteiger partial charge in [0.1, 0.15) is 7.85 Å². The molecule has 1 aliphatic carbocycles. The molecule has 1 saturated carbocycles. The van der Waals surface area contributed by atoms with Crippen LogP contribution in [0.1, 0.15) is 39.5 Å². The molecule has 0 radical (unpaired) electrons. The van der Waals surface area contributed by atoms with Crippen LogP contribution in [0.2, 0.25) is 5.82 Å². The maximum atomic E-state index is 11.7. The molecule has 0 bridgehead atoms. The van der Waals surface area contributed by atoms with Crippen molar-refractivity contribution in [2.75, 3.05) is 6.61 Å². The molecule has 0 heterocycles. The zero-order chi connectivity index (χ0) is 9.90. The molecule has 2 unspecified atom stereocenters. The first-order valence-electron chi connectivity index (χ1n) is 5.28. The summed E-state index contributed by atoms with van der Waals surface area (Å²) in [6.45, 7) is 4.42. The Hall–Kier alpha value is -0.465. The largest absolute Gasteiger partial charge is 0.466 e. The Morgan fingerprint density at radius 3 is 2.85 bits per heavy atom. The third-order valence-corrected chi connectivity index (χ3v) is 3.41. The maximum absolute atomic E-state index is 11.7. The molecule has 0 aliphatic heterocycles. The third kappa shape index (κ3) is 2.07. The first-order valence-corrected chi connectivity index (χ1v) is 5.28. The normalized spacial score (nSPS) is 34.2. The number of rotatable bonds is 2. The number of hydrogen-bond acceptors (Lipinski definition) is 2. The number of esters is 1. The monoisotopic (exact) mass is 182 g/mol. The molecule has 0 spiro atoms. The van der Waals surface area contributed by atoms with Crippen LogP contribution in [0.15, 0.2) is 0 Å². The highest BCUT2D eigenvalue weighted by Crippen LogP contribution is 2.44.